The number of rotatable bonds is 3. The lowest BCUT2D eigenvalue weighted by Gasteiger charge is -2.08. The number of benzene rings is 2. The zero-order valence-corrected chi connectivity index (χ0v) is 12.1. The summed E-state index contributed by atoms with van der Waals surface area (Å²) in [6, 6.07) is 13.4. The van der Waals surface area contributed by atoms with Gasteiger partial charge in [0.25, 0.3) is 0 Å². The number of aryl methyl sites for hydroxylation is 1. The molecule has 0 saturated carbocycles. The monoisotopic (exact) mass is 288 g/mol. The molecule has 2 rings (SSSR count). The van der Waals surface area contributed by atoms with Crippen LogP contribution in [0.25, 0.3) is 0 Å². The van der Waals surface area contributed by atoms with E-state index in [0.29, 0.717) is 10.6 Å². The predicted molar refractivity (Wildman–Crippen MR) is 81.3 cm³/mol. The summed E-state index contributed by atoms with van der Waals surface area (Å²) in [7, 11) is 0. The van der Waals surface area contributed by atoms with Gasteiger partial charge in [0.05, 0.1) is 11.6 Å². The minimum Gasteiger partial charge on any atom is -0.399 e. The van der Waals surface area contributed by atoms with E-state index in [-0.39, 0.29) is 0 Å². The molecular formula is C15H13ClN2S. The average Bonchev–Trinajstić information content (AvgIpc) is 2.39. The van der Waals surface area contributed by atoms with E-state index >= 15 is 0 Å². The fourth-order valence-electron chi connectivity index (χ4n) is 1.72. The van der Waals surface area contributed by atoms with E-state index in [1.807, 2.05) is 31.2 Å². The Kier molecular flexibility index (Phi) is 4.36. The fraction of sp³-hybridized carbons (Fsp3) is 0.133. The Hall–Kier alpha value is -1.63. The van der Waals surface area contributed by atoms with Crippen molar-refractivity contribution >= 4 is 29.1 Å². The molecule has 0 aliphatic rings. The molecule has 0 radical (unpaired) electrons. The summed E-state index contributed by atoms with van der Waals surface area (Å²) in [5.41, 5.74) is 9.28. The maximum absolute atomic E-state index is 8.80. The highest BCUT2D eigenvalue weighted by molar-refractivity contribution is 7.98. The van der Waals surface area contributed by atoms with Gasteiger partial charge in [-0.1, -0.05) is 17.7 Å². The van der Waals surface area contributed by atoms with Crippen molar-refractivity contribution in [2.24, 2.45) is 0 Å². The summed E-state index contributed by atoms with van der Waals surface area (Å²) in [6.45, 7) is 2.04. The summed E-state index contributed by atoms with van der Waals surface area (Å²) >= 11 is 7.87. The third-order valence-corrected chi connectivity index (χ3v) is 4.34. The number of nitrogens with zero attached hydrogens (tertiary/aromatic N) is 1. The van der Waals surface area contributed by atoms with E-state index in [4.69, 9.17) is 22.6 Å². The van der Waals surface area contributed by atoms with Gasteiger partial charge in [0.2, 0.25) is 0 Å². The highest BCUT2D eigenvalue weighted by Gasteiger charge is 2.05. The lowest BCUT2D eigenvalue weighted by molar-refractivity contribution is 1.29. The molecule has 0 atom stereocenters. The van der Waals surface area contributed by atoms with Gasteiger partial charge >= 0.3 is 0 Å². The summed E-state index contributed by atoms with van der Waals surface area (Å²) in [4.78, 5) is 1.19. The standard InChI is InChI=1S/C15H13ClN2S/c1-10-6-13(18)4-5-15(10)19-9-12-3-2-11(8-17)7-14(12)16/h2-7H,9,18H2,1H3. The molecule has 0 heterocycles. The van der Waals surface area contributed by atoms with E-state index in [1.165, 1.54) is 4.90 Å². The summed E-state index contributed by atoms with van der Waals surface area (Å²) in [5.74, 6) is 0.773. The minimum atomic E-state index is 0.586. The topological polar surface area (TPSA) is 49.8 Å². The Labute approximate surface area is 122 Å². The van der Waals surface area contributed by atoms with Gasteiger partial charge in [0.1, 0.15) is 0 Å². The molecule has 0 aliphatic carbocycles. The van der Waals surface area contributed by atoms with E-state index < -0.39 is 0 Å². The molecule has 0 bridgehead atoms. The zero-order chi connectivity index (χ0) is 13.8. The van der Waals surface area contributed by atoms with Crippen molar-refractivity contribution in [1.82, 2.24) is 0 Å². The summed E-state index contributed by atoms with van der Waals surface area (Å²) < 4.78 is 0. The summed E-state index contributed by atoms with van der Waals surface area (Å²) in [5, 5.41) is 9.44. The Morgan fingerprint density at radius 3 is 2.68 bits per heavy atom. The van der Waals surface area contributed by atoms with Crippen LogP contribution < -0.4 is 5.73 Å². The molecule has 19 heavy (non-hydrogen) atoms. The molecule has 96 valence electrons. The first-order chi connectivity index (χ1) is 9.10. The molecule has 0 unspecified atom stereocenters. The normalized spacial score (nSPS) is 10.2. The number of anilines is 1. The van der Waals surface area contributed by atoms with E-state index in [0.717, 1.165) is 22.6 Å². The van der Waals surface area contributed by atoms with Crippen molar-refractivity contribution < 1.29 is 0 Å². The van der Waals surface area contributed by atoms with Crippen LogP contribution in [0.5, 0.6) is 0 Å². The first-order valence-electron chi connectivity index (χ1n) is 5.77. The average molecular weight is 289 g/mol. The first-order valence-corrected chi connectivity index (χ1v) is 7.14. The Bertz CT molecular complexity index is 647. The Balaban J connectivity index is 2.13. The zero-order valence-electron chi connectivity index (χ0n) is 10.5. The Morgan fingerprint density at radius 1 is 1.26 bits per heavy atom. The van der Waals surface area contributed by atoms with Gasteiger partial charge in [-0.3, -0.25) is 0 Å². The van der Waals surface area contributed by atoms with Crippen LogP contribution >= 0.6 is 23.4 Å². The SMILES string of the molecule is Cc1cc(N)ccc1SCc1ccc(C#N)cc1Cl. The van der Waals surface area contributed by atoms with E-state index in [1.54, 1.807) is 23.9 Å². The van der Waals surface area contributed by atoms with Gasteiger partial charge in [0.15, 0.2) is 0 Å². The van der Waals surface area contributed by atoms with Crippen molar-refractivity contribution in [3.8, 4) is 6.07 Å². The van der Waals surface area contributed by atoms with Crippen molar-refractivity contribution in [3.05, 3.63) is 58.1 Å². The lowest BCUT2D eigenvalue weighted by Crippen LogP contribution is -1.89. The number of halogens is 1. The molecule has 2 aromatic rings. The molecule has 0 spiro atoms. The molecular weight excluding hydrogens is 276 g/mol. The molecule has 2 N–H and O–H groups in total. The van der Waals surface area contributed by atoms with Crippen molar-refractivity contribution in [1.29, 1.82) is 5.26 Å². The molecule has 0 aliphatic heterocycles. The number of nitrogen functional groups attached to an aromatic ring is 1. The second kappa shape index (κ2) is 6.01. The number of hydrogen-bond acceptors (Lipinski definition) is 3. The lowest BCUT2D eigenvalue weighted by atomic mass is 10.2. The van der Waals surface area contributed by atoms with Crippen molar-refractivity contribution in [2.75, 3.05) is 5.73 Å². The van der Waals surface area contributed by atoms with Crippen LogP contribution in [0.4, 0.5) is 5.69 Å². The highest BCUT2D eigenvalue weighted by atomic mass is 35.5. The molecule has 4 heteroatoms. The van der Waals surface area contributed by atoms with Gasteiger partial charge < -0.3 is 5.73 Å². The van der Waals surface area contributed by atoms with E-state index in [9.17, 15) is 0 Å². The highest BCUT2D eigenvalue weighted by Crippen LogP contribution is 2.30. The van der Waals surface area contributed by atoms with E-state index in [2.05, 4.69) is 6.07 Å². The van der Waals surface area contributed by atoms with Gasteiger partial charge in [-0.25, -0.2) is 0 Å². The van der Waals surface area contributed by atoms with Gasteiger partial charge in [-0.15, -0.1) is 11.8 Å². The molecule has 0 saturated heterocycles. The second-order valence-corrected chi connectivity index (χ2v) is 5.66. The fourth-order valence-corrected chi connectivity index (χ4v) is 3.06. The van der Waals surface area contributed by atoms with Crippen molar-refractivity contribution in [2.45, 2.75) is 17.6 Å². The largest absolute Gasteiger partial charge is 0.399 e. The Morgan fingerprint density at radius 2 is 2.05 bits per heavy atom. The van der Waals surface area contributed by atoms with Gasteiger partial charge in [-0.2, -0.15) is 5.26 Å². The predicted octanol–water partition coefficient (Wildman–Crippen LogP) is 4.39. The van der Waals surface area contributed by atoms with Crippen LogP contribution in [-0.2, 0) is 5.75 Å². The smallest absolute Gasteiger partial charge is 0.0992 e. The maximum atomic E-state index is 8.80. The number of hydrogen-bond donors (Lipinski definition) is 1. The quantitative estimate of drug-likeness (QED) is 0.673. The first kappa shape index (κ1) is 13.8. The third kappa shape index (κ3) is 3.44. The van der Waals surface area contributed by atoms with Crippen LogP contribution in [-0.4, -0.2) is 0 Å². The molecule has 0 fully saturated rings. The van der Waals surface area contributed by atoms with Crippen LogP contribution in [0.2, 0.25) is 5.02 Å². The molecule has 2 nitrogen and oxygen atoms in total. The minimum absolute atomic E-state index is 0.586. The van der Waals surface area contributed by atoms with Gasteiger partial charge in [-0.05, 0) is 48.4 Å². The van der Waals surface area contributed by atoms with Crippen molar-refractivity contribution in [3.63, 3.8) is 0 Å². The maximum Gasteiger partial charge on any atom is 0.0992 e. The number of nitriles is 1. The second-order valence-electron chi connectivity index (χ2n) is 4.23. The number of thioether (sulfide) groups is 1. The molecule has 2 aromatic carbocycles. The molecule has 0 aromatic heterocycles. The van der Waals surface area contributed by atoms with Gasteiger partial charge in [0, 0.05) is 21.4 Å². The summed E-state index contributed by atoms with van der Waals surface area (Å²) in [6.07, 6.45) is 0. The third-order valence-electron chi connectivity index (χ3n) is 2.76. The van der Waals surface area contributed by atoms with Crippen LogP contribution in [0, 0.1) is 18.3 Å². The van der Waals surface area contributed by atoms with Crippen LogP contribution in [0.3, 0.4) is 0 Å². The molecule has 0 amide bonds. The van der Waals surface area contributed by atoms with Crippen LogP contribution in [0.15, 0.2) is 41.3 Å². The number of nitrogens with two attached hydrogens (primary N) is 1. The van der Waals surface area contributed by atoms with Crippen LogP contribution in [0.1, 0.15) is 16.7 Å².